The lowest BCUT2D eigenvalue weighted by molar-refractivity contribution is -0.143. The van der Waals surface area contributed by atoms with Gasteiger partial charge in [-0.25, -0.2) is 0 Å². The number of aliphatic hydroxyl groups is 1. The number of halogens is 7. The first-order valence-electron chi connectivity index (χ1n) is 7.45. The highest BCUT2D eigenvalue weighted by Crippen LogP contribution is 2.36. The summed E-state index contributed by atoms with van der Waals surface area (Å²) in [5.41, 5.74) is 3.23. The van der Waals surface area contributed by atoms with Crippen molar-refractivity contribution >= 4 is 18.5 Å². The van der Waals surface area contributed by atoms with E-state index in [1.807, 2.05) is 0 Å². The van der Waals surface area contributed by atoms with Crippen molar-refractivity contribution < 1.29 is 31.4 Å². The van der Waals surface area contributed by atoms with Gasteiger partial charge in [-0.15, -0.1) is 12.4 Å². The summed E-state index contributed by atoms with van der Waals surface area (Å²) in [4.78, 5) is 0. The molecule has 2 aromatic carbocycles. The van der Waals surface area contributed by atoms with Gasteiger partial charge in [-0.2, -0.15) is 26.3 Å². The molecule has 0 radical (unpaired) electrons. The van der Waals surface area contributed by atoms with Gasteiger partial charge in [0.25, 0.3) is 0 Å². The molecule has 27 heavy (non-hydrogen) atoms. The van der Waals surface area contributed by atoms with Crippen LogP contribution in [-0.4, -0.2) is 11.2 Å². The second kappa shape index (κ2) is 8.77. The van der Waals surface area contributed by atoms with Crippen LogP contribution in [-0.2, 0) is 12.4 Å². The number of hydrogen-bond acceptors (Lipinski definition) is 2. The van der Waals surface area contributed by atoms with E-state index in [4.69, 9.17) is 5.73 Å². The van der Waals surface area contributed by atoms with Crippen molar-refractivity contribution in [3.05, 3.63) is 76.9 Å². The zero-order valence-corrected chi connectivity index (χ0v) is 14.4. The van der Waals surface area contributed by atoms with Gasteiger partial charge in [0.2, 0.25) is 0 Å². The smallest absolute Gasteiger partial charge is 0.387 e. The summed E-state index contributed by atoms with van der Waals surface area (Å²) in [7, 11) is 0. The molecular formula is C18H16ClF6NO. The van der Waals surface area contributed by atoms with Crippen molar-refractivity contribution in [1.82, 2.24) is 0 Å². The second-order valence-corrected chi connectivity index (χ2v) is 5.63. The van der Waals surface area contributed by atoms with Crippen LogP contribution in [0.25, 0.3) is 6.08 Å². The quantitative estimate of drug-likeness (QED) is 0.677. The van der Waals surface area contributed by atoms with E-state index in [0.29, 0.717) is 17.7 Å². The van der Waals surface area contributed by atoms with Crippen LogP contribution >= 0.6 is 12.4 Å². The molecule has 2 unspecified atom stereocenters. The molecule has 0 amide bonds. The van der Waals surface area contributed by atoms with Crippen LogP contribution in [0, 0.1) is 0 Å². The predicted molar refractivity (Wildman–Crippen MR) is 92.1 cm³/mol. The summed E-state index contributed by atoms with van der Waals surface area (Å²) < 4.78 is 76.9. The monoisotopic (exact) mass is 411 g/mol. The minimum Gasteiger partial charge on any atom is -0.387 e. The molecule has 148 valence electrons. The first-order valence-corrected chi connectivity index (χ1v) is 7.45. The summed E-state index contributed by atoms with van der Waals surface area (Å²) in [5.74, 6) is 0. The molecule has 0 aliphatic rings. The lowest BCUT2D eigenvalue weighted by Gasteiger charge is -2.16. The third-order valence-electron chi connectivity index (χ3n) is 3.65. The fraction of sp³-hybridized carbons (Fsp3) is 0.222. The molecule has 0 aromatic heterocycles. The van der Waals surface area contributed by atoms with Crippen LogP contribution < -0.4 is 5.73 Å². The third-order valence-corrected chi connectivity index (χ3v) is 3.65. The number of hydrogen-bond donors (Lipinski definition) is 2. The van der Waals surface area contributed by atoms with Gasteiger partial charge in [-0.05, 0) is 29.3 Å². The molecule has 2 atom stereocenters. The predicted octanol–water partition coefficient (Wildman–Crippen LogP) is 5.22. The Morgan fingerprint density at radius 2 is 1.33 bits per heavy atom. The van der Waals surface area contributed by atoms with E-state index in [1.165, 1.54) is 0 Å². The molecule has 0 aliphatic carbocycles. The van der Waals surface area contributed by atoms with Crippen LogP contribution in [0.2, 0.25) is 0 Å². The molecule has 0 heterocycles. The highest BCUT2D eigenvalue weighted by molar-refractivity contribution is 5.85. The summed E-state index contributed by atoms with van der Waals surface area (Å²) in [6.45, 7) is 0. The Morgan fingerprint density at radius 1 is 0.852 bits per heavy atom. The molecular weight excluding hydrogens is 396 g/mol. The molecule has 3 N–H and O–H groups in total. The zero-order valence-electron chi connectivity index (χ0n) is 13.6. The summed E-state index contributed by atoms with van der Waals surface area (Å²) in [5, 5.41) is 10.0. The van der Waals surface area contributed by atoms with E-state index in [1.54, 1.807) is 30.3 Å². The minimum absolute atomic E-state index is 0. The topological polar surface area (TPSA) is 46.2 Å². The van der Waals surface area contributed by atoms with Crippen molar-refractivity contribution in [2.45, 2.75) is 24.5 Å². The van der Waals surface area contributed by atoms with E-state index in [-0.39, 0.29) is 24.0 Å². The molecule has 2 nitrogen and oxygen atoms in total. The van der Waals surface area contributed by atoms with E-state index in [2.05, 4.69) is 0 Å². The number of alkyl halides is 6. The molecule has 0 bridgehead atoms. The Hall–Kier alpha value is -2.03. The fourth-order valence-corrected chi connectivity index (χ4v) is 2.28. The largest absolute Gasteiger partial charge is 0.416 e. The van der Waals surface area contributed by atoms with Gasteiger partial charge in [0.15, 0.2) is 0 Å². The van der Waals surface area contributed by atoms with Gasteiger partial charge in [0.05, 0.1) is 23.3 Å². The highest BCUT2D eigenvalue weighted by Gasteiger charge is 2.36. The number of rotatable bonds is 4. The summed E-state index contributed by atoms with van der Waals surface area (Å²) in [6, 6.07) is 8.73. The lowest BCUT2D eigenvalue weighted by atomic mass is 10.00. The van der Waals surface area contributed by atoms with Gasteiger partial charge in [0.1, 0.15) is 0 Å². The number of nitrogens with two attached hydrogens (primary N) is 1. The van der Waals surface area contributed by atoms with E-state index in [9.17, 15) is 31.4 Å². The fourth-order valence-electron chi connectivity index (χ4n) is 2.28. The molecule has 2 rings (SSSR count). The second-order valence-electron chi connectivity index (χ2n) is 5.63. The van der Waals surface area contributed by atoms with Crippen LogP contribution in [0.1, 0.15) is 28.3 Å². The minimum atomic E-state index is -4.93. The molecule has 0 aliphatic heterocycles. The number of benzene rings is 2. The van der Waals surface area contributed by atoms with Gasteiger partial charge >= 0.3 is 12.4 Å². The average Bonchev–Trinajstić information content (AvgIpc) is 2.58. The Morgan fingerprint density at radius 3 is 1.78 bits per heavy atom. The van der Waals surface area contributed by atoms with Gasteiger partial charge in [-0.3, -0.25) is 0 Å². The molecule has 2 aromatic rings. The normalized spacial score (nSPS) is 14.7. The van der Waals surface area contributed by atoms with Crippen LogP contribution in [0.4, 0.5) is 26.3 Å². The Labute approximate surface area is 157 Å². The SMILES string of the molecule is Cl.NC(c1ccccc1)C(O)/C=C\c1cc(C(F)(F)F)cc(C(F)(F)F)c1. The molecule has 0 fully saturated rings. The lowest BCUT2D eigenvalue weighted by Crippen LogP contribution is -2.24. The average molecular weight is 412 g/mol. The molecule has 0 spiro atoms. The van der Waals surface area contributed by atoms with Crippen LogP contribution in [0.3, 0.4) is 0 Å². The van der Waals surface area contributed by atoms with Crippen LogP contribution in [0.15, 0.2) is 54.6 Å². The zero-order chi connectivity index (χ0) is 19.5. The van der Waals surface area contributed by atoms with Gasteiger partial charge in [-0.1, -0.05) is 42.5 Å². The highest BCUT2D eigenvalue weighted by atomic mass is 35.5. The Kier molecular flexibility index (Phi) is 7.48. The van der Waals surface area contributed by atoms with Crippen molar-refractivity contribution in [1.29, 1.82) is 0 Å². The van der Waals surface area contributed by atoms with Gasteiger partial charge < -0.3 is 10.8 Å². The van der Waals surface area contributed by atoms with Crippen molar-refractivity contribution in [2.75, 3.05) is 0 Å². The molecule has 0 saturated heterocycles. The maximum atomic E-state index is 12.8. The molecule has 0 saturated carbocycles. The van der Waals surface area contributed by atoms with Crippen molar-refractivity contribution in [3.8, 4) is 0 Å². The van der Waals surface area contributed by atoms with E-state index in [0.717, 1.165) is 12.2 Å². The first-order chi connectivity index (χ1) is 12.0. The van der Waals surface area contributed by atoms with Crippen molar-refractivity contribution in [3.63, 3.8) is 0 Å². The van der Waals surface area contributed by atoms with E-state index < -0.39 is 35.6 Å². The summed E-state index contributed by atoms with van der Waals surface area (Å²) in [6.07, 6.45) is -9.10. The van der Waals surface area contributed by atoms with Gasteiger partial charge in [0, 0.05) is 0 Å². The number of aliphatic hydroxyl groups excluding tert-OH is 1. The Bertz CT molecular complexity index is 741. The standard InChI is InChI=1S/C18H15F6NO.ClH/c19-17(20,21)13-8-11(9-14(10-13)18(22,23)24)6-7-15(26)16(25)12-4-2-1-3-5-12;/h1-10,15-16,26H,25H2;1H/b7-6-;. The van der Waals surface area contributed by atoms with Crippen molar-refractivity contribution in [2.24, 2.45) is 5.73 Å². The molecule has 9 heteroatoms. The Balaban J connectivity index is 0.00000364. The maximum absolute atomic E-state index is 12.8. The van der Waals surface area contributed by atoms with Crippen LogP contribution in [0.5, 0.6) is 0 Å². The third kappa shape index (κ3) is 6.27. The van der Waals surface area contributed by atoms with E-state index >= 15 is 0 Å². The summed E-state index contributed by atoms with van der Waals surface area (Å²) >= 11 is 0. The maximum Gasteiger partial charge on any atom is 0.416 e. The first kappa shape index (κ1) is 23.0.